The van der Waals surface area contributed by atoms with Crippen molar-refractivity contribution in [3.8, 4) is 0 Å². The van der Waals surface area contributed by atoms with Gasteiger partial charge in [0.05, 0.1) is 25.4 Å². The first-order valence-corrected chi connectivity index (χ1v) is 22.1. The fourth-order valence-corrected chi connectivity index (χ4v) is 11.8. The first kappa shape index (κ1) is 50.6. The van der Waals surface area contributed by atoms with Gasteiger partial charge in [0, 0.05) is 32.6 Å². The highest BCUT2D eigenvalue weighted by atomic mass is 16.4. The molecule has 0 unspecified atom stereocenters. The van der Waals surface area contributed by atoms with Crippen molar-refractivity contribution in [2.24, 2.45) is 46.3 Å². The zero-order valence-corrected chi connectivity index (χ0v) is 35.5. The molecular weight excluding hydrogens is 786 g/mol. The highest BCUT2D eigenvalue weighted by Gasteiger charge is 2.63. The first-order chi connectivity index (χ1) is 28.2. The lowest BCUT2D eigenvalue weighted by atomic mass is 9.43. The topological polar surface area (TPSA) is 321 Å². The van der Waals surface area contributed by atoms with Gasteiger partial charge < -0.3 is 76.8 Å². The van der Waals surface area contributed by atoms with Crippen LogP contribution in [0.3, 0.4) is 0 Å². The van der Waals surface area contributed by atoms with Crippen molar-refractivity contribution >= 4 is 17.7 Å². The number of carbonyl (C=O) groups is 3. The molecule has 3 amide bonds. The summed E-state index contributed by atoms with van der Waals surface area (Å²) in [7, 11) is 0. The summed E-state index contributed by atoms with van der Waals surface area (Å²) in [5, 5.41) is 124. The summed E-state index contributed by atoms with van der Waals surface area (Å²) in [6.45, 7) is 5.15. The van der Waals surface area contributed by atoms with Crippen LogP contribution in [0.5, 0.6) is 0 Å². The molecule has 4 aliphatic rings. The Morgan fingerprint density at radius 2 is 1.23 bits per heavy atom. The van der Waals surface area contributed by atoms with Gasteiger partial charge in [0.1, 0.15) is 36.6 Å². The Bertz CT molecular complexity index is 1350. The van der Waals surface area contributed by atoms with E-state index in [9.17, 15) is 65.4 Å². The summed E-state index contributed by atoms with van der Waals surface area (Å²) < 4.78 is 0. The van der Waals surface area contributed by atoms with Gasteiger partial charge in [-0.25, -0.2) is 0 Å². The summed E-state index contributed by atoms with van der Waals surface area (Å²) in [5.74, 6) is -0.145. The minimum atomic E-state index is -2.11. The van der Waals surface area contributed by atoms with Gasteiger partial charge in [0.25, 0.3) is 11.8 Å². The van der Waals surface area contributed by atoms with E-state index in [1.165, 1.54) is 0 Å². The van der Waals surface area contributed by atoms with Crippen molar-refractivity contribution in [3.63, 3.8) is 0 Å². The lowest BCUT2D eigenvalue weighted by Crippen LogP contribution is -2.58. The average molecular weight is 862 g/mol. The number of nitrogens with zero attached hydrogens (tertiary/aromatic N) is 1. The van der Waals surface area contributed by atoms with Crippen LogP contribution in [0.1, 0.15) is 97.8 Å². The molecular formula is C42H75N3O15. The molecule has 0 heterocycles. The molecule has 0 bridgehead atoms. The summed E-state index contributed by atoms with van der Waals surface area (Å²) in [4.78, 5) is 40.3. The summed E-state index contributed by atoms with van der Waals surface area (Å²) in [5.41, 5.74) is -0.164. The number of fused-ring (bicyclic) bond motifs is 5. The van der Waals surface area contributed by atoms with Gasteiger partial charge in [-0.3, -0.25) is 14.4 Å². The number of carbonyl (C=O) groups excluding carboxylic acids is 3. The van der Waals surface area contributed by atoms with Crippen LogP contribution in [0.25, 0.3) is 0 Å². The van der Waals surface area contributed by atoms with E-state index >= 15 is 0 Å². The highest BCUT2D eigenvalue weighted by molar-refractivity contribution is 5.81. The van der Waals surface area contributed by atoms with E-state index in [0.717, 1.165) is 51.4 Å². The smallest absolute Gasteiger partial charge is 0.251 e. The molecule has 0 aliphatic heterocycles. The Balaban J connectivity index is 1.35. The fourth-order valence-electron chi connectivity index (χ4n) is 11.8. The molecule has 348 valence electrons. The average Bonchev–Trinajstić information content (AvgIpc) is 3.61. The van der Waals surface area contributed by atoms with Crippen LogP contribution >= 0.6 is 0 Å². The van der Waals surface area contributed by atoms with Gasteiger partial charge in [0.15, 0.2) is 12.2 Å². The molecule has 0 spiro atoms. The van der Waals surface area contributed by atoms with Gasteiger partial charge in [-0.2, -0.15) is 0 Å². The number of rotatable bonds is 22. The molecule has 4 fully saturated rings. The van der Waals surface area contributed by atoms with Crippen LogP contribution in [0.4, 0.5) is 0 Å². The highest BCUT2D eigenvalue weighted by Crippen LogP contribution is 2.68. The Morgan fingerprint density at radius 1 is 0.700 bits per heavy atom. The van der Waals surface area contributed by atoms with Gasteiger partial charge in [-0.05, 0) is 117 Å². The third-order valence-corrected chi connectivity index (χ3v) is 15.5. The van der Waals surface area contributed by atoms with Crippen LogP contribution in [-0.4, -0.2) is 184 Å². The molecule has 0 aromatic rings. The number of nitrogens with one attached hydrogen (secondary N) is 2. The normalized spacial score (nSPS) is 34.6. The fraction of sp³-hybridized carbons (Fsp3) is 0.929. The number of aliphatic hydroxyl groups excluding tert-OH is 12. The second-order valence-corrected chi connectivity index (χ2v) is 18.9. The van der Waals surface area contributed by atoms with E-state index < -0.39 is 80.0 Å². The summed E-state index contributed by atoms with van der Waals surface area (Å²) in [6.07, 6.45) is -7.85. The second-order valence-electron chi connectivity index (χ2n) is 18.9. The quantitative estimate of drug-likeness (QED) is 0.0486. The Kier molecular flexibility index (Phi) is 18.6. The monoisotopic (exact) mass is 862 g/mol. The molecule has 4 rings (SSSR count). The van der Waals surface area contributed by atoms with Crippen LogP contribution in [0, 0.1) is 46.3 Å². The molecule has 18 heteroatoms. The van der Waals surface area contributed by atoms with Crippen molar-refractivity contribution in [1.29, 1.82) is 0 Å². The number of amides is 3. The van der Waals surface area contributed by atoms with Crippen molar-refractivity contribution in [2.45, 2.75) is 159 Å². The van der Waals surface area contributed by atoms with E-state index in [1.54, 1.807) is 4.90 Å². The summed E-state index contributed by atoms with van der Waals surface area (Å²) >= 11 is 0. The van der Waals surface area contributed by atoms with Crippen molar-refractivity contribution in [1.82, 2.24) is 15.5 Å². The molecule has 0 aromatic carbocycles. The van der Waals surface area contributed by atoms with Crippen LogP contribution in [-0.2, 0) is 14.4 Å². The standard InChI is InChI=1S/C42H75N3O15/c1-22(26-9-10-27-25-8-7-23-18-24(48)12-13-41(23,2)28(25)19-31(51)42(26,27)3)6-11-32(52)45(16-4-14-43-39(59)37(57)35(55)33(53)29(49)20-46)17-5-15-44-40(60)38(58)36(56)34(54)30(50)21-47/h22-31,33-38,46-51,53-58H,4-21H2,1-3H3,(H,43,59)(H,44,60)/t22-,23+,24+,25-,26+,27-,28-,29-,30-,31-,33-,34-,35-,36-,37-,38-,41+,42-/m1/s1. The molecule has 0 aromatic heterocycles. The van der Waals surface area contributed by atoms with Gasteiger partial charge >= 0.3 is 0 Å². The minimum Gasteiger partial charge on any atom is -0.394 e. The molecule has 18 nitrogen and oxygen atoms in total. The van der Waals surface area contributed by atoms with Crippen molar-refractivity contribution in [3.05, 3.63) is 0 Å². The molecule has 4 saturated carbocycles. The van der Waals surface area contributed by atoms with E-state index in [1.807, 2.05) is 0 Å². The van der Waals surface area contributed by atoms with Gasteiger partial charge in [0.2, 0.25) is 5.91 Å². The summed E-state index contributed by atoms with van der Waals surface area (Å²) in [6, 6.07) is 0. The Labute approximate surface area is 353 Å². The molecule has 14 N–H and O–H groups in total. The maximum atomic E-state index is 13.8. The predicted molar refractivity (Wildman–Crippen MR) is 215 cm³/mol. The maximum absolute atomic E-state index is 13.8. The van der Waals surface area contributed by atoms with Gasteiger partial charge in [-0.15, -0.1) is 0 Å². The maximum Gasteiger partial charge on any atom is 0.251 e. The molecule has 18 atom stereocenters. The van der Waals surface area contributed by atoms with Crippen LogP contribution in [0.2, 0.25) is 0 Å². The minimum absolute atomic E-state index is 0.0491. The SMILES string of the molecule is C[C@H](CCC(=O)N(CCCNC(=O)[C@H](O)[C@H](O)[C@H](O)[C@H](O)CO)CCCNC(=O)[C@H](O)[C@H](O)[C@H](O)[C@H](O)CO)[C@@H]1CC[C@@H]2[C@H]3CC[C@H]4C[C@@H](O)CC[C@]4(C)[C@@H]3C[C@@H](O)[C@@]21C. The molecule has 0 saturated heterocycles. The van der Waals surface area contributed by atoms with E-state index in [4.69, 9.17) is 10.2 Å². The van der Waals surface area contributed by atoms with E-state index in [0.29, 0.717) is 30.1 Å². The third-order valence-electron chi connectivity index (χ3n) is 15.5. The number of hydrogen-bond donors (Lipinski definition) is 14. The first-order valence-electron chi connectivity index (χ1n) is 22.1. The molecule has 0 radical (unpaired) electrons. The van der Waals surface area contributed by atoms with Crippen molar-refractivity contribution < 1.29 is 75.7 Å². The largest absolute Gasteiger partial charge is 0.394 e. The molecule has 4 aliphatic carbocycles. The van der Waals surface area contributed by atoms with E-state index in [-0.39, 0.29) is 80.1 Å². The Morgan fingerprint density at radius 3 is 1.75 bits per heavy atom. The third kappa shape index (κ3) is 11.2. The number of aliphatic hydroxyl groups is 12. The zero-order valence-electron chi connectivity index (χ0n) is 35.5. The molecule has 60 heavy (non-hydrogen) atoms. The second kappa shape index (κ2) is 22.0. The Hall–Kier alpha value is -2.07. The zero-order chi connectivity index (χ0) is 44.7. The van der Waals surface area contributed by atoms with Gasteiger partial charge in [-0.1, -0.05) is 20.8 Å². The lowest BCUT2D eigenvalue weighted by Gasteiger charge is -2.62. The van der Waals surface area contributed by atoms with Crippen LogP contribution < -0.4 is 10.6 Å². The number of hydrogen-bond acceptors (Lipinski definition) is 15. The van der Waals surface area contributed by atoms with Crippen LogP contribution in [0.15, 0.2) is 0 Å². The lowest BCUT2D eigenvalue weighted by molar-refractivity contribution is -0.175. The predicted octanol–water partition coefficient (Wildman–Crippen LogP) is -2.89. The van der Waals surface area contributed by atoms with E-state index in [2.05, 4.69) is 31.4 Å². The van der Waals surface area contributed by atoms with Crippen molar-refractivity contribution in [2.75, 3.05) is 39.4 Å².